The lowest BCUT2D eigenvalue weighted by Gasteiger charge is -2.13. The van der Waals surface area contributed by atoms with Crippen molar-refractivity contribution in [3.63, 3.8) is 0 Å². The second kappa shape index (κ2) is 8.86. The third kappa shape index (κ3) is 5.60. The zero-order chi connectivity index (χ0) is 19.2. The van der Waals surface area contributed by atoms with E-state index in [-0.39, 0.29) is 10.7 Å². The molecule has 0 atom stereocenters. The van der Waals surface area contributed by atoms with Crippen LogP contribution in [0.1, 0.15) is 12.0 Å². The van der Waals surface area contributed by atoms with Gasteiger partial charge in [0.1, 0.15) is 16.5 Å². The summed E-state index contributed by atoms with van der Waals surface area (Å²) in [7, 11) is 1.72. The number of pyridine rings is 1. The Hall–Kier alpha value is -2.32. The lowest BCUT2D eigenvalue weighted by atomic mass is 10.2. The van der Waals surface area contributed by atoms with E-state index in [2.05, 4.69) is 19.9 Å². The summed E-state index contributed by atoms with van der Waals surface area (Å²) in [5, 5.41) is 3.26. The van der Waals surface area contributed by atoms with Gasteiger partial charge in [-0.1, -0.05) is 6.07 Å². The van der Waals surface area contributed by atoms with Crippen molar-refractivity contribution in [2.75, 3.05) is 44.3 Å². The minimum Gasteiger partial charge on any atom is -0.495 e. The predicted molar refractivity (Wildman–Crippen MR) is 104 cm³/mol. The van der Waals surface area contributed by atoms with E-state index in [0.717, 1.165) is 30.8 Å². The van der Waals surface area contributed by atoms with Crippen LogP contribution in [0.3, 0.4) is 0 Å². The molecule has 142 valence electrons. The molecule has 8 heteroatoms. The fourth-order valence-electron chi connectivity index (χ4n) is 2.37. The average Bonchev–Trinajstić information content (AvgIpc) is 2.59. The van der Waals surface area contributed by atoms with Gasteiger partial charge in [0, 0.05) is 6.54 Å². The summed E-state index contributed by atoms with van der Waals surface area (Å²) in [6.45, 7) is 3.65. The molecule has 0 unspecified atom stereocenters. The number of aryl methyl sites for hydroxylation is 1. The lowest BCUT2D eigenvalue weighted by molar-refractivity contribution is 0.402. The van der Waals surface area contributed by atoms with Crippen molar-refractivity contribution in [2.45, 2.75) is 18.2 Å². The molecule has 0 saturated carbocycles. The van der Waals surface area contributed by atoms with Crippen molar-refractivity contribution in [2.24, 2.45) is 0 Å². The molecule has 26 heavy (non-hydrogen) atoms. The molecule has 0 amide bonds. The highest BCUT2D eigenvalue weighted by molar-refractivity contribution is 7.92. The number of benzene rings is 1. The van der Waals surface area contributed by atoms with Crippen LogP contribution < -0.4 is 14.8 Å². The van der Waals surface area contributed by atoms with Gasteiger partial charge in [-0.2, -0.15) is 0 Å². The van der Waals surface area contributed by atoms with Gasteiger partial charge in [-0.15, -0.1) is 0 Å². The Morgan fingerprint density at radius 3 is 2.58 bits per heavy atom. The fraction of sp³-hybridized carbons (Fsp3) is 0.389. The molecule has 0 bridgehead atoms. The number of ether oxygens (including phenoxy) is 1. The number of anilines is 2. The van der Waals surface area contributed by atoms with E-state index in [0.29, 0.717) is 5.75 Å². The van der Waals surface area contributed by atoms with Crippen molar-refractivity contribution in [3.05, 3.63) is 42.1 Å². The van der Waals surface area contributed by atoms with E-state index in [1.165, 1.54) is 7.11 Å². The van der Waals surface area contributed by atoms with Gasteiger partial charge in [-0.05, 0) is 63.8 Å². The predicted octanol–water partition coefficient (Wildman–Crippen LogP) is 2.56. The monoisotopic (exact) mass is 378 g/mol. The first-order valence-electron chi connectivity index (χ1n) is 8.34. The second-order valence-electron chi connectivity index (χ2n) is 6.28. The van der Waals surface area contributed by atoms with Crippen LogP contribution in [-0.2, 0) is 10.0 Å². The molecule has 0 aliphatic carbocycles. The normalized spacial score (nSPS) is 11.4. The summed E-state index contributed by atoms with van der Waals surface area (Å²) in [6.07, 6.45) is 2.62. The van der Waals surface area contributed by atoms with E-state index >= 15 is 0 Å². The van der Waals surface area contributed by atoms with E-state index in [1.54, 1.807) is 36.5 Å². The van der Waals surface area contributed by atoms with E-state index in [1.807, 2.05) is 21.0 Å². The summed E-state index contributed by atoms with van der Waals surface area (Å²) >= 11 is 0. The van der Waals surface area contributed by atoms with E-state index < -0.39 is 10.0 Å². The Balaban J connectivity index is 2.05. The largest absolute Gasteiger partial charge is 0.495 e. The van der Waals surface area contributed by atoms with E-state index in [9.17, 15) is 8.42 Å². The summed E-state index contributed by atoms with van der Waals surface area (Å²) in [5.74, 6) is 0.551. The van der Waals surface area contributed by atoms with Crippen molar-refractivity contribution in [3.8, 4) is 5.75 Å². The third-order valence-electron chi connectivity index (χ3n) is 3.72. The molecule has 1 heterocycles. The minimum atomic E-state index is -3.79. The molecule has 0 aliphatic heterocycles. The third-order valence-corrected chi connectivity index (χ3v) is 5.10. The highest BCUT2D eigenvalue weighted by atomic mass is 32.2. The highest BCUT2D eigenvalue weighted by Crippen LogP contribution is 2.26. The van der Waals surface area contributed by atoms with Crippen LogP contribution in [0.2, 0.25) is 0 Å². The maximum atomic E-state index is 12.6. The molecule has 0 radical (unpaired) electrons. The highest BCUT2D eigenvalue weighted by Gasteiger charge is 2.20. The van der Waals surface area contributed by atoms with Crippen LogP contribution in [0, 0.1) is 6.92 Å². The molecule has 0 spiro atoms. The van der Waals surface area contributed by atoms with Crippen LogP contribution in [0.25, 0.3) is 0 Å². The Morgan fingerprint density at radius 2 is 1.96 bits per heavy atom. The molecule has 0 aliphatic rings. The average molecular weight is 378 g/mol. The number of hydrogen-bond acceptors (Lipinski definition) is 6. The maximum Gasteiger partial charge on any atom is 0.266 e. The minimum absolute atomic E-state index is 0.0905. The Morgan fingerprint density at radius 1 is 1.19 bits per heavy atom. The smallest absolute Gasteiger partial charge is 0.266 e. The number of nitrogens with zero attached hydrogens (tertiary/aromatic N) is 2. The summed E-state index contributed by atoms with van der Waals surface area (Å²) in [4.78, 5) is 6.39. The molecule has 1 aromatic carbocycles. The SMILES string of the molecule is COc1ccc(C)cc1S(=O)(=O)Nc1ccc(NCCCN(C)C)cn1. The molecular formula is C18H26N4O3S. The lowest BCUT2D eigenvalue weighted by Crippen LogP contribution is -2.16. The van der Waals surface area contributed by atoms with Gasteiger partial charge in [-0.3, -0.25) is 4.72 Å². The summed E-state index contributed by atoms with van der Waals surface area (Å²) < 4.78 is 32.9. The molecule has 0 fully saturated rings. The zero-order valence-electron chi connectivity index (χ0n) is 15.6. The number of rotatable bonds is 9. The Kier molecular flexibility index (Phi) is 6.82. The summed E-state index contributed by atoms with van der Waals surface area (Å²) in [6, 6.07) is 8.44. The number of methoxy groups -OCH3 is 1. The molecule has 2 rings (SSSR count). The maximum absolute atomic E-state index is 12.6. The van der Waals surface area contributed by atoms with Gasteiger partial charge in [-0.25, -0.2) is 13.4 Å². The van der Waals surface area contributed by atoms with Crippen molar-refractivity contribution in [1.82, 2.24) is 9.88 Å². The summed E-state index contributed by atoms with van der Waals surface area (Å²) in [5.41, 5.74) is 1.68. The van der Waals surface area contributed by atoms with Crippen LogP contribution >= 0.6 is 0 Å². The van der Waals surface area contributed by atoms with Crippen LogP contribution in [0.15, 0.2) is 41.4 Å². The second-order valence-corrected chi connectivity index (χ2v) is 7.93. The molecule has 0 saturated heterocycles. The van der Waals surface area contributed by atoms with Gasteiger partial charge in [0.15, 0.2) is 0 Å². The van der Waals surface area contributed by atoms with Crippen LogP contribution in [0.5, 0.6) is 5.75 Å². The van der Waals surface area contributed by atoms with E-state index in [4.69, 9.17) is 4.74 Å². The van der Waals surface area contributed by atoms with Crippen molar-refractivity contribution >= 4 is 21.5 Å². The first kappa shape index (κ1) is 20.0. The standard InChI is InChI=1S/C18H26N4O3S/c1-14-6-8-16(25-4)17(12-14)26(23,24)21-18-9-7-15(13-20-18)19-10-5-11-22(2)3/h6-9,12-13,19H,5,10-11H2,1-4H3,(H,20,21). The zero-order valence-corrected chi connectivity index (χ0v) is 16.4. The quantitative estimate of drug-likeness (QED) is 0.653. The topological polar surface area (TPSA) is 83.6 Å². The van der Waals surface area contributed by atoms with Crippen LogP contribution in [-0.4, -0.2) is 52.6 Å². The molecule has 7 nitrogen and oxygen atoms in total. The molecule has 2 N–H and O–H groups in total. The van der Waals surface area contributed by atoms with Crippen molar-refractivity contribution in [1.29, 1.82) is 0 Å². The first-order valence-corrected chi connectivity index (χ1v) is 9.82. The molecule has 2 aromatic rings. The number of sulfonamides is 1. The van der Waals surface area contributed by atoms with Gasteiger partial charge in [0.2, 0.25) is 0 Å². The fourth-order valence-corrected chi connectivity index (χ4v) is 3.64. The van der Waals surface area contributed by atoms with Gasteiger partial charge >= 0.3 is 0 Å². The Bertz CT molecular complexity index is 821. The van der Waals surface area contributed by atoms with Gasteiger partial charge in [0.05, 0.1) is 19.0 Å². The number of nitrogens with one attached hydrogen (secondary N) is 2. The van der Waals surface area contributed by atoms with Crippen molar-refractivity contribution < 1.29 is 13.2 Å². The van der Waals surface area contributed by atoms with Gasteiger partial charge in [0.25, 0.3) is 10.0 Å². The number of aromatic nitrogens is 1. The first-order chi connectivity index (χ1) is 12.3. The molecule has 1 aromatic heterocycles. The number of hydrogen-bond donors (Lipinski definition) is 2. The van der Waals surface area contributed by atoms with Crippen LogP contribution in [0.4, 0.5) is 11.5 Å². The molecular weight excluding hydrogens is 352 g/mol. The Labute approximate surface area is 155 Å². The van der Waals surface area contributed by atoms with Gasteiger partial charge < -0.3 is 15.0 Å².